The number of rotatable bonds is 4. The molecule has 2 aromatic heterocycles. The van der Waals surface area contributed by atoms with Crippen molar-refractivity contribution in [2.24, 2.45) is 0 Å². The summed E-state index contributed by atoms with van der Waals surface area (Å²) in [6.07, 6.45) is 1.93. The van der Waals surface area contributed by atoms with Crippen LogP contribution in [0.25, 0.3) is 16.8 Å². The molecule has 0 saturated carbocycles. The lowest BCUT2D eigenvalue weighted by Crippen LogP contribution is -2.23. The van der Waals surface area contributed by atoms with Crippen molar-refractivity contribution in [2.45, 2.75) is 38.7 Å². The van der Waals surface area contributed by atoms with E-state index in [1.54, 1.807) is 26.0 Å². The summed E-state index contributed by atoms with van der Waals surface area (Å²) in [7, 11) is 0. The summed E-state index contributed by atoms with van der Waals surface area (Å²) >= 11 is 0. The fourth-order valence-corrected chi connectivity index (χ4v) is 3.67. The third-order valence-electron chi connectivity index (χ3n) is 5.44. The van der Waals surface area contributed by atoms with E-state index in [4.69, 9.17) is 0 Å². The van der Waals surface area contributed by atoms with Crippen LogP contribution in [0.15, 0.2) is 66.9 Å². The first kappa shape index (κ1) is 19.3. The predicted molar refractivity (Wildman–Crippen MR) is 112 cm³/mol. The lowest BCUT2D eigenvalue weighted by atomic mass is 9.83. The van der Waals surface area contributed by atoms with Crippen molar-refractivity contribution >= 4 is 5.65 Å². The van der Waals surface area contributed by atoms with E-state index in [-0.39, 0.29) is 5.82 Å². The molecule has 0 bridgehead atoms. The topological polar surface area (TPSA) is 50.4 Å². The lowest BCUT2D eigenvalue weighted by Gasteiger charge is -2.24. The predicted octanol–water partition coefficient (Wildman–Crippen LogP) is 5.09. The van der Waals surface area contributed by atoms with Crippen molar-refractivity contribution in [3.05, 3.63) is 89.6 Å². The summed E-state index contributed by atoms with van der Waals surface area (Å²) in [6, 6.07) is 18.5. The van der Waals surface area contributed by atoms with Gasteiger partial charge in [0.05, 0.1) is 11.0 Å². The van der Waals surface area contributed by atoms with E-state index < -0.39 is 11.0 Å². The number of hydrogen-bond donors (Lipinski definition) is 1. The molecular formula is C24H24FN3O. The number of nitrogens with zero attached hydrogens (tertiary/aromatic N) is 3. The van der Waals surface area contributed by atoms with Crippen LogP contribution in [0.3, 0.4) is 0 Å². The molecule has 0 amide bonds. The molecule has 29 heavy (non-hydrogen) atoms. The molecule has 0 atom stereocenters. The molecule has 4 nitrogen and oxygen atoms in total. The molecule has 2 aromatic carbocycles. The highest BCUT2D eigenvalue weighted by molar-refractivity contribution is 5.64. The Labute approximate surface area is 169 Å². The van der Waals surface area contributed by atoms with E-state index in [1.807, 2.05) is 34.9 Å². The smallest absolute Gasteiger partial charge is 0.166 e. The standard InChI is InChI=1S/C24H24FN3O/c1-23(2,18-11-7-16(8-12-18)17-9-13-19(25)14-10-17)22-27-26-21-20(24(3,4)29)6-5-15-28(21)22/h5-15,29H,1-4H3. The fourth-order valence-electron chi connectivity index (χ4n) is 3.67. The van der Waals surface area contributed by atoms with Gasteiger partial charge in [-0.05, 0) is 62.6 Å². The van der Waals surface area contributed by atoms with Crippen molar-refractivity contribution in [1.82, 2.24) is 14.6 Å². The van der Waals surface area contributed by atoms with Crippen molar-refractivity contribution in [2.75, 3.05) is 0 Å². The zero-order chi connectivity index (χ0) is 20.8. The molecule has 4 aromatic rings. The van der Waals surface area contributed by atoms with E-state index in [1.165, 1.54) is 12.1 Å². The van der Waals surface area contributed by atoms with Crippen LogP contribution >= 0.6 is 0 Å². The van der Waals surface area contributed by atoms with Gasteiger partial charge in [-0.3, -0.25) is 4.40 Å². The van der Waals surface area contributed by atoms with Crippen LogP contribution < -0.4 is 0 Å². The Kier molecular flexibility index (Phi) is 4.50. The quantitative estimate of drug-likeness (QED) is 0.529. The van der Waals surface area contributed by atoms with Gasteiger partial charge < -0.3 is 5.11 Å². The molecule has 4 rings (SSSR count). The lowest BCUT2D eigenvalue weighted by molar-refractivity contribution is 0.0796. The number of aromatic nitrogens is 3. The minimum Gasteiger partial charge on any atom is -0.386 e. The molecule has 0 unspecified atom stereocenters. The minimum absolute atomic E-state index is 0.240. The number of aliphatic hydroxyl groups is 1. The normalized spacial score (nSPS) is 12.5. The zero-order valence-electron chi connectivity index (χ0n) is 17.0. The molecule has 2 heterocycles. The van der Waals surface area contributed by atoms with Crippen LogP contribution in [0.5, 0.6) is 0 Å². The van der Waals surface area contributed by atoms with E-state index in [0.717, 1.165) is 28.1 Å². The SMILES string of the molecule is CC(C)(O)c1cccn2c(C(C)(C)c3ccc(-c4ccc(F)cc4)cc3)nnc12. The molecule has 0 spiro atoms. The summed E-state index contributed by atoms with van der Waals surface area (Å²) in [5.74, 6) is 0.559. The zero-order valence-corrected chi connectivity index (χ0v) is 17.0. The fraction of sp³-hybridized carbons (Fsp3) is 0.250. The van der Waals surface area contributed by atoms with Crippen molar-refractivity contribution in [3.8, 4) is 11.1 Å². The van der Waals surface area contributed by atoms with Crippen molar-refractivity contribution in [1.29, 1.82) is 0 Å². The maximum atomic E-state index is 13.2. The van der Waals surface area contributed by atoms with E-state index in [9.17, 15) is 9.50 Å². The van der Waals surface area contributed by atoms with E-state index in [0.29, 0.717) is 5.65 Å². The van der Waals surface area contributed by atoms with Crippen molar-refractivity contribution in [3.63, 3.8) is 0 Å². The maximum absolute atomic E-state index is 13.2. The molecule has 0 aliphatic rings. The Bertz CT molecular complexity index is 1150. The van der Waals surface area contributed by atoms with E-state index in [2.05, 4.69) is 36.2 Å². The molecular weight excluding hydrogens is 365 g/mol. The number of benzene rings is 2. The number of fused-ring (bicyclic) bond motifs is 1. The minimum atomic E-state index is -1.01. The summed E-state index contributed by atoms with van der Waals surface area (Å²) in [5, 5.41) is 19.3. The van der Waals surface area contributed by atoms with Crippen molar-refractivity contribution < 1.29 is 9.50 Å². The highest BCUT2D eigenvalue weighted by Crippen LogP contribution is 2.33. The summed E-state index contributed by atoms with van der Waals surface area (Å²) in [6.45, 7) is 7.70. The molecule has 0 aliphatic heterocycles. The van der Waals surface area contributed by atoms with Gasteiger partial charge in [0.25, 0.3) is 0 Å². The van der Waals surface area contributed by atoms with Gasteiger partial charge in [0.2, 0.25) is 0 Å². The van der Waals surface area contributed by atoms with E-state index >= 15 is 0 Å². The number of hydrogen-bond acceptors (Lipinski definition) is 3. The molecule has 0 radical (unpaired) electrons. The van der Waals surface area contributed by atoms with Gasteiger partial charge in [-0.25, -0.2) is 4.39 Å². The Morgan fingerprint density at radius 1 is 0.828 bits per heavy atom. The number of pyridine rings is 1. The summed E-state index contributed by atoms with van der Waals surface area (Å²) in [5.41, 5.74) is 3.07. The van der Waals surface area contributed by atoms with Gasteiger partial charge >= 0.3 is 0 Å². The summed E-state index contributed by atoms with van der Waals surface area (Å²) in [4.78, 5) is 0. The summed E-state index contributed by atoms with van der Waals surface area (Å²) < 4.78 is 15.1. The Morgan fingerprint density at radius 3 is 2.00 bits per heavy atom. The van der Waals surface area contributed by atoms with Crippen LogP contribution in [-0.4, -0.2) is 19.7 Å². The monoisotopic (exact) mass is 389 g/mol. The highest BCUT2D eigenvalue weighted by atomic mass is 19.1. The first-order valence-corrected chi connectivity index (χ1v) is 9.61. The van der Waals surface area contributed by atoms with Gasteiger partial charge in [0, 0.05) is 11.8 Å². The highest BCUT2D eigenvalue weighted by Gasteiger charge is 2.30. The molecule has 0 fully saturated rings. The molecule has 1 N–H and O–H groups in total. The second kappa shape index (κ2) is 6.78. The average molecular weight is 389 g/mol. The third kappa shape index (κ3) is 3.42. The van der Waals surface area contributed by atoms with Gasteiger partial charge in [0.1, 0.15) is 11.6 Å². The molecule has 148 valence electrons. The largest absolute Gasteiger partial charge is 0.386 e. The Hall–Kier alpha value is -3.05. The first-order chi connectivity index (χ1) is 13.7. The third-order valence-corrected chi connectivity index (χ3v) is 5.44. The average Bonchev–Trinajstić information content (AvgIpc) is 3.13. The Balaban J connectivity index is 1.74. The second-order valence-corrected chi connectivity index (χ2v) is 8.41. The second-order valence-electron chi connectivity index (χ2n) is 8.41. The first-order valence-electron chi connectivity index (χ1n) is 9.61. The molecule has 0 saturated heterocycles. The maximum Gasteiger partial charge on any atom is 0.166 e. The van der Waals surface area contributed by atoms with Gasteiger partial charge in [0.15, 0.2) is 5.65 Å². The Morgan fingerprint density at radius 2 is 1.41 bits per heavy atom. The van der Waals surface area contributed by atoms with Gasteiger partial charge in [-0.1, -0.05) is 42.5 Å². The van der Waals surface area contributed by atoms with Crippen LogP contribution in [0, 0.1) is 5.82 Å². The van der Waals surface area contributed by atoms with Crippen LogP contribution in [-0.2, 0) is 11.0 Å². The molecule has 5 heteroatoms. The van der Waals surface area contributed by atoms with Crippen LogP contribution in [0.2, 0.25) is 0 Å². The molecule has 0 aliphatic carbocycles. The van der Waals surface area contributed by atoms with Gasteiger partial charge in [-0.15, -0.1) is 10.2 Å². The number of halogens is 1. The van der Waals surface area contributed by atoms with Crippen LogP contribution in [0.1, 0.15) is 44.6 Å². The van der Waals surface area contributed by atoms with Crippen LogP contribution in [0.4, 0.5) is 4.39 Å². The van der Waals surface area contributed by atoms with Gasteiger partial charge in [-0.2, -0.15) is 0 Å².